The van der Waals surface area contributed by atoms with E-state index in [1.54, 1.807) is 12.1 Å². The van der Waals surface area contributed by atoms with Crippen molar-refractivity contribution in [2.45, 2.75) is 38.1 Å². The molecule has 1 heterocycles. The number of benzene rings is 1. The number of nitro benzene ring substituents is 1. The summed E-state index contributed by atoms with van der Waals surface area (Å²) in [6.45, 7) is 0.781. The van der Waals surface area contributed by atoms with Crippen LogP contribution in [0.5, 0.6) is 0 Å². The van der Waals surface area contributed by atoms with Gasteiger partial charge >= 0.3 is 0 Å². The molecule has 1 unspecified atom stereocenters. The molecular weight excluding hydrogens is 272 g/mol. The molecule has 21 heavy (non-hydrogen) atoms. The molecule has 1 atom stereocenters. The monoisotopic (exact) mass is 292 g/mol. The molecule has 0 spiro atoms. The van der Waals surface area contributed by atoms with E-state index >= 15 is 0 Å². The second-order valence-electron chi connectivity index (χ2n) is 5.35. The van der Waals surface area contributed by atoms with E-state index in [1.165, 1.54) is 12.1 Å². The first-order valence-electron chi connectivity index (χ1n) is 7.25. The Bertz CT molecular complexity index is 516. The Labute approximate surface area is 123 Å². The lowest BCUT2D eigenvalue weighted by molar-refractivity contribution is -0.384. The van der Waals surface area contributed by atoms with Crippen LogP contribution in [0, 0.1) is 10.1 Å². The Morgan fingerprint density at radius 3 is 2.95 bits per heavy atom. The minimum absolute atomic E-state index is 0.00542. The van der Waals surface area contributed by atoms with Gasteiger partial charge < -0.3 is 10.0 Å². The number of amides is 1. The molecule has 0 saturated carbocycles. The number of carbonyl (C=O) groups is 1. The van der Waals surface area contributed by atoms with Crippen molar-refractivity contribution in [3.8, 4) is 0 Å². The molecule has 1 N–H and O–H groups in total. The van der Waals surface area contributed by atoms with Crippen LogP contribution in [0.3, 0.4) is 0 Å². The zero-order valence-electron chi connectivity index (χ0n) is 11.9. The predicted octanol–water partition coefficient (Wildman–Crippen LogP) is 1.90. The van der Waals surface area contributed by atoms with Crippen molar-refractivity contribution in [1.82, 2.24) is 4.90 Å². The minimum Gasteiger partial charge on any atom is -0.396 e. The van der Waals surface area contributed by atoms with Crippen molar-refractivity contribution in [3.05, 3.63) is 39.9 Å². The van der Waals surface area contributed by atoms with Gasteiger partial charge in [-0.1, -0.05) is 12.1 Å². The highest BCUT2D eigenvalue weighted by atomic mass is 16.6. The number of likely N-dealkylation sites (tertiary alicyclic amines) is 1. The Morgan fingerprint density at radius 2 is 2.24 bits per heavy atom. The fourth-order valence-electron chi connectivity index (χ4n) is 2.83. The van der Waals surface area contributed by atoms with Gasteiger partial charge in [-0.3, -0.25) is 14.9 Å². The second-order valence-corrected chi connectivity index (χ2v) is 5.35. The second kappa shape index (κ2) is 7.17. The maximum atomic E-state index is 12.4. The summed E-state index contributed by atoms with van der Waals surface area (Å²) in [5.41, 5.74) is 0.661. The van der Waals surface area contributed by atoms with Crippen LogP contribution in [0.4, 0.5) is 5.69 Å². The van der Waals surface area contributed by atoms with Gasteiger partial charge in [0.05, 0.1) is 11.3 Å². The summed E-state index contributed by atoms with van der Waals surface area (Å²) < 4.78 is 0. The quantitative estimate of drug-likeness (QED) is 0.663. The number of nitrogens with zero attached hydrogens (tertiary/aromatic N) is 2. The van der Waals surface area contributed by atoms with Gasteiger partial charge in [-0.05, 0) is 31.2 Å². The molecule has 1 saturated heterocycles. The third-order valence-electron chi connectivity index (χ3n) is 3.89. The standard InChI is InChI=1S/C15H20N2O4/c18-9-7-13-5-1-2-8-16(13)15(19)11-12-4-3-6-14(10-12)17(20)21/h3-4,6,10,13,18H,1-2,5,7-9,11H2. The van der Waals surface area contributed by atoms with Crippen LogP contribution in [0.25, 0.3) is 0 Å². The molecule has 1 aliphatic rings. The largest absolute Gasteiger partial charge is 0.396 e. The summed E-state index contributed by atoms with van der Waals surface area (Å²) in [5.74, 6) is -0.0198. The van der Waals surface area contributed by atoms with Gasteiger partial charge in [0.25, 0.3) is 5.69 Å². The van der Waals surface area contributed by atoms with E-state index in [-0.39, 0.29) is 30.7 Å². The van der Waals surface area contributed by atoms with Crippen LogP contribution in [0.2, 0.25) is 0 Å². The topological polar surface area (TPSA) is 83.7 Å². The minimum atomic E-state index is -0.455. The van der Waals surface area contributed by atoms with Gasteiger partial charge in [0.2, 0.25) is 5.91 Å². The normalized spacial score (nSPS) is 18.5. The molecule has 1 aliphatic heterocycles. The molecule has 0 bridgehead atoms. The van der Waals surface area contributed by atoms with Gasteiger partial charge in [0.1, 0.15) is 0 Å². The molecule has 1 fully saturated rings. The van der Waals surface area contributed by atoms with Crippen molar-refractivity contribution >= 4 is 11.6 Å². The molecule has 6 nitrogen and oxygen atoms in total. The fraction of sp³-hybridized carbons (Fsp3) is 0.533. The van der Waals surface area contributed by atoms with Gasteiger partial charge in [-0.15, -0.1) is 0 Å². The van der Waals surface area contributed by atoms with Crippen molar-refractivity contribution in [2.24, 2.45) is 0 Å². The molecule has 0 radical (unpaired) electrons. The van der Waals surface area contributed by atoms with Crippen LogP contribution >= 0.6 is 0 Å². The summed E-state index contributed by atoms with van der Waals surface area (Å²) in [6.07, 6.45) is 3.74. The number of piperidine rings is 1. The maximum absolute atomic E-state index is 12.4. The third-order valence-corrected chi connectivity index (χ3v) is 3.89. The summed E-state index contributed by atoms with van der Waals surface area (Å²) in [7, 11) is 0. The van der Waals surface area contributed by atoms with Crippen molar-refractivity contribution in [1.29, 1.82) is 0 Å². The zero-order chi connectivity index (χ0) is 15.2. The molecule has 2 rings (SSSR count). The van der Waals surface area contributed by atoms with Crippen molar-refractivity contribution < 1.29 is 14.8 Å². The zero-order valence-corrected chi connectivity index (χ0v) is 11.9. The Morgan fingerprint density at radius 1 is 1.43 bits per heavy atom. The summed E-state index contributed by atoms with van der Waals surface area (Å²) in [4.78, 5) is 24.5. The lowest BCUT2D eigenvalue weighted by Gasteiger charge is -2.35. The van der Waals surface area contributed by atoms with Gasteiger partial charge in [0.15, 0.2) is 0 Å². The van der Waals surface area contributed by atoms with E-state index in [2.05, 4.69) is 0 Å². The number of hydrogen-bond donors (Lipinski definition) is 1. The van der Waals surface area contributed by atoms with E-state index in [9.17, 15) is 14.9 Å². The average Bonchev–Trinajstić information content (AvgIpc) is 2.48. The van der Waals surface area contributed by atoms with Crippen LogP contribution in [-0.2, 0) is 11.2 Å². The third kappa shape index (κ3) is 4.01. The molecule has 1 aromatic rings. The van der Waals surface area contributed by atoms with E-state index in [1.807, 2.05) is 4.90 Å². The van der Waals surface area contributed by atoms with Gasteiger partial charge in [-0.2, -0.15) is 0 Å². The first-order valence-corrected chi connectivity index (χ1v) is 7.25. The molecule has 114 valence electrons. The number of non-ortho nitro benzene ring substituents is 1. The van der Waals surface area contributed by atoms with E-state index < -0.39 is 4.92 Å². The van der Waals surface area contributed by atoms with Crippen molar-refractivity contribution in [3.63, 3.8) is 0 Å². The molecule has 0 aliphatic carbocycles. The number of aliphatic hydroxyl groups excluding tert-OH is 1. The number of aliphatic hydroxyl groups is 1. The van der Waals surface area contributed by atoms with Crippen LogP contribution in [0.15, 0.2) is 24.3 Å². The van der Waals surface area contributed by atoms with E-state index in [4.69, 9.17) is 5.11 Å². The SMILES string of the molecule is O=C(Cc1cccc([N+](=O)[O-])c1)N1CCCCC1CCO. The summed E-state index contributed by atoms with van der Waals surface area (Å²) in [5, 5.41) is 19.9. The maximum Gasteiger partial charge on any atom is 0.269 e. The predicted molar refractivity (Wildman–Crippen MR) is 77.9 cm³/mol. The van der Waals surface area contributed by atoms with Crippen LogP contribution < -0.4 is 0 Å². The van der Waals surface area contributed by atoms with Gasteiger partial charge in [-0.25, -0.2) is 0 Å². The van der Waals surface area contributed by atoms with Crippen LogP contribution in [0.1, 0.15) is 31.2 Å². The lowest BCUT2D eigenvalue weighted by Crippen LogP contribution is -2.44. The first-order chi connectivity index (χ1) is 10.1. The smallest absolute Gasteiger partial charge is 0.269 e. The lowest BCUT2D eigenvalue weighted by atomic mass is 9.98. The van der Waals surface area contributed by atoms with Crippen molar-refractivity contribution in [2.75, 3.05) is 13.2 Å². The Kier molecular flexibility index (Phi) is 5.27. The number of carbonyl (C=O) groups excluding carboxylic acids is 1. The number of rotatable bonds is 5. The number of nitro groups is 1. The first kappa shape index (κ1) is 15.4. The highest BCUT2D eigenvalue weighted by molar-refractivity contribution is 5.79. The van der Waals surface area contributed by atoms with Crippen LogP contribution in [-0.4, -0.2) is 40.0 Å². The van der Waals surface area contributed by atoms with Gasteiger partial charge in [0, 0.05) is 31.3 Å². The molecule has 1 aromatic carbocycles. The molecule has 1 amide bonds. The number of hydrogen-bond acceptors (Lipinski definition) is 4. The Hall–Kier alpha value is -1.95. The highest BCUT2D eigenvalue weighted by Crippen LogP contribution is 2.21. The molecule has 0 aromatic heterocycles. The molecule has 6 heteroatoms. The molecular formula is C15H20N2O4. The van der Waals surface area contributed by atoms with E-state index in [0.717, 1.165) is 19.3 Å². The Balaban J connectivity index is 2.05. The average molecular weight is 292 g/mol. The summed E-state index contributed by atoms with van der Waals surface area (Å²) in [6, 6.07) is 6.29. The van der Waals surface area contributed by atoms with E-state index in [0.29, 0.717) is 18.5 Å². The highest BCUT2D eigenvalue weighted by Gasteiger charge is 2.26. The summed E-state index contributed by atoms with van der Waals surface area (Å²) >= 11 is 0. The fourth-order valence-corrected chi connectivity index (χ4v) is 2.83.